The molecule has 5 heteroatoms. The van der Waals surface area contributed by atoms with Gasteiger partial charge in [0, 0.05) is 10.2 Å². The molecule has 0 unspecified atom stereocenters. The zero-order chi connectivity index (χ0) is 13.1. The summed E-state index contributed by atoms with van der Waals surface area (Å²) in [5, 5.41) is 12.1. The normalized spacial score (nSPS) is 9.89. The molecule has 0 saturated carbocycles. The molecule has 0 heterocycles. The van der Waals surface area contributed by atoms with Gasteiger partial charge in [-0.1, -0.05) is 17.7 Å². The number of hydrogen-bond acceptors (Lipinski definition) is 2. The Labute approximate surface area is 117 Å². The summed E-state index contributed by atoms with van der Waals surface area (Å²) in [5.74, 6) is -0.475. The van der Waals surface area contributed by atoms with Gasteiger partial charge in [-0.05, 0) is 46.3 Å². The van der Waals surface area contributed by atoms with Crippen molar-refractivity contribution in [1.29, 1.82) is 5.26 Å². The number of nitrogens with one attached hydrogen (secondary N) is 1. The lowest BCUT2D eigenvalue weighted by Gasteiger charge is -2.09. The molecule has 2 aromatic rings. The minimum Gasteiger partial charge on any atom is -0.354 e. The van der Waals surface area contributed by atoms with Crippen LogP contribution in [0.4, 0.5) is 15.8 Å². The molecule has 2 aromatic carbocycles. The third kappa shape index (κ3) is 2.63. The third-order valence-electron chi connectivity index (χ3n) is 2.32. The standard InChI is InChI=1S/C13H7BrClFN2/c14-10-2-1-3-13(9(10)7-17)18-8-4-5-12(16)11(15)6-8/h1-6,18H. The summed E-state index contributed by atoms with van der Waals surface area (Å²) in [6.07, 6.45) is 0. The van der Waals surface area contributed by atoms with Gasteiger partial charge in [0.2, 0.25) is 0 Å². The van der Waals surface area contributed by atoms with Crippen molar-refractivity contribution in [2.75, 3.05) is 5.32 Å². The predicted molar refractivity (Wildman–Crippen MR) is 73.5 cm³/mol. The first-order valence-electron chi connectivity index (χ1n) is 5.02. The number of halogens is 3. The summed E-state index contributed by atoms with van der Waals surface area (Å²) in [6, 6.07) is 11.7. The Kier molecular flexibility index (Phi) is 3.85. The Balaban J connectivity index is 2.37. The molecule has 0 aromatic heterocycles. The van der Waals surface area contributed by atoms with Crippen molar-refractivity contribution < 1.29 is 4.39 Å². The van der Waals surface area contributed by atoms with Gasteiger partial charge in [0.1, 0.15) is 11.9 Å². The molecule has 0 saturated heterocycles. The number of nitriles is 1. The predicted octanol–water partition coefficient (Wildman–Crippen LogP) is 4.86. The van der Waals surface area contributed by atoms with E-state index in [2.05, 4.69) is 27.3 Å². The molecule has 18 heavy (non-hydrogen) atoms. The molecule has 0 amide bonds. The second-order valence-corrected chi connectivity index (χ2v) is 4.79. The summed E-state index contributed by atoms with van der Waals surface area (Å²) in [5.41, 5.74) is 1.74. The van der Waals surface area contributed by atoms with E-state index in [1.807, 2.05) is 0 Å². The van der Waals surface area contributed by atoms with Crippen molar-refractivity contribution >= 4 is 38.9 Å². The quantitative estimate of drug-likeness (QED) is 0.856. The average molecular weight is 326 g/mol. The SMILES string of the molecule is N#Cc1c(Br)cccc1Nc1ccc(F)c(Cl)c1. The van der Waals surface area contributed by atoms with E-state index in [4.69, 9.17) is 16.9 Å². The molecular formula is C13H7BrClFN2. The van der Waals surface area contributed by atoms with E-state index >= 15 is 0 Å². The minimum atomic E-state index is -0.475. The number of nitrogens with zero attached hydrogens (tertiary/aromatic N) is 1. The Hall–Kier alpha value is -1.57. The first-order valence-corrected chi connectivity index (χ1v) is 6.19. The molecule has 0 radical (unpaired) electrons. The van der Waals surface area contributed by atoms with Crippen molar-refractivity contribution in [3.63, 3.8) is 0 Å². The maximum atomic E-state index is 13.0. The molecule has 1 N–H and O–H groups in total. The Morgan fingerprint density at radius 3 is 2.72 bits per heavy atom. The van der Waals surface area contributed by atoms with Crippen LogP contribution in [0.25, 0.3) is 0 Å². The van der Waals surface area contributed by atoms with Crippen molar-refractivity contribution in [3.05, 3.63) is 57.3 Å². The van der Waals surface area contributed by atoms with Crippen LogP contribution in [-0.2, 0) is 0 Å². The zero-order valence-corrected chi connectivity index (χ0v) is 11.4. The molecule has 0 aliphatic carbocycles. The molecule has 0 aliphatic heterocycles. The second kappa shape index (κ2) is 5.38. The van der Waals surface area contributed by atoms with Crippen molar-refractivity contribution in [2.24, 2.45) is 0 Å². The van der Waals surface area contributed by atoms with Crippen LogP contribution in [0.5, 0.6) is 0 Å². The fourth-order valence-corrected chi connectivity index (χ4v) is 2.11. The largest absolute Gasteiger partial charge is 0.354 e. The second-order valence-electron chi connectivity index (χ2n) is 3.53. The van der Waals surface area contributed by atoms with Crippen LogP contribution in [0, 0.1) is 17.1 Å². The van der Waals surface area contributed by atoms with Crippen molar-refractivity contribution in [1.82, 2.24) is 0 Å². The lowest BCUT2D eigenvalue weighted by Crippen LogP contribution is -1.94. The molecule has 0 spiro atoms. The maximum absolute atomic E-state index is 13.0. The summed E-state index contributed by atoms with van der Waals surface area (Å²) in [7, 11) is 0. The Bertz CT molecular complexity index is 637. The van der Waals surface area contributed by atoms with E-state index in [1.54, 1.807) is 24.3 Å². The first kappa shape index (κ1) is 12.9. The van der Waals surface area contributed by atoms with Gasteiger partial charge in [-0.15, -0.1) is 0 Å². The van der Waals surface area contributed by atoms with Gasteiger partial charge in [0.25, 0.3) is 0 Å². The zero-order valence-electron chi connectivity index (χ0n) is 9.05. The minimum absolute atomic E-state index is 0.0357. The van der Waals surface area contributed by atoms with E-state index in [1.165, 1.54) is 12.1 Å². The fraction of sp³-hybridized carbons (Fsp3) is 0. The molecule has 90 valence electrons. The molecule has 0 bridgehead atoms. The van der Waals surface area contributed by atoms with E-state index in [-0.39, 0.29) is 5.02 Å². The molecular weight excluding hydrogens is 319 g/mol. The number of benzene rings is 2. The van der Waals surface area contributed by atoms with Gasteiger partial charge >= 0.3 is 0 Å². The molecule has 0 fully saturated rings. The Morgan fingerprint density at radius 2 is 2.06 bits per heavy atom. The van der Waals surface area contributed by atoms with Gasteiger partial charge in [-0.2, -0.15) is 5.26 Å². The van der Waals surface area contributed by atoms with Crippen LogP contribution < -0.4 is 5.32 Å². The van der Waals surface area contributed by atoms with Crippen LogP contribution in [0.1, 0.15) is 5.56 Å². The van der Waals surface area contributed by atoms with Crippen LogP contribution in [0.2, 0.25) is 5.02 Å². The summed E-state index contributed by atoms with van der Waals surface area (Å²) >= 11 is 8.99. The maximum Gasteiger partial charge on any atom is 0.141 e. The highest BCUT2D eigenvalue weighted by Crippen LogP contribution is 2.28. The van der Waals surface area contributed by atoms with Crippen molar-refractivity contribution in [3.8, 4) is 6.07 Å². The van der Waals surface area contributed by atoms with Crippen molar-refractivity contribution in [2.45, 2.75) is 0 Å². The summed E-state index contributed by atoms with van der Waals surface area (Å²) < 4.78 is 13.7. The number of rotatable bonds is 2. The van der Waals surface area contributed by atoms with Gasteiger partial charge in [0.05, 0.1) is 16.3 Å². The van der Waals surface area contributed by atoms with E-state index in [0.29, 0.717) is 21.4 Å². The van der Waals surface area contributed by atoms with Crippen LogP contribution in [0.15, 0.2) is 40.9 Å². The smallest absolute Gasteiger partial charge is 0.141 e. The van der Waals surface area contributed by atoms with Crippen LogP contribution in [-0.4, -0.2) is 0 Å². The van der Waals surface area contributed by atoms with Crippen LogP contribution >= 0.6 is 27.5 Å². The van der Waals surface area contributed by atoms with Gasteiger partial charge in [-0.3, -0.25) is 0 Å². The van der Waals surface area contributed by atoms with Crippen LogP contribution in [0.3, 0.4) is 0 Å². The molecule has 0 atom stereocenters. The highest BCUT2D eigenvalue weighted by atomic mass is 79.9. The fourth-order valence-electron chi connectivity index (χ4n) is 1.47. The molecule has 2 nitrogen and oxygen atoms in total. The van der Waals surface area contributed by atoms with Gasteiger partial charge < -0.3 is 5.32 Å². The highest BCUT2D eigenvalue weighted by Gasteiger charge is 2.07. The highest BCUT2D eigenvalue weighted by molar-refractivity contribution is 9.10. The average Bonchev–Trinajstić information content (AvgIpc) is 2.34. The van der Waals surface area contributed by atoms with E-state index < -0.39 is 5.82 Å². The lowest BCUT2D eigenvalue weighted by atomic mass is 10.2. The number of hydrogen-bond donors (Lipinski definition) is 1. The monoisotopic (exact) mass is 324 g/mol. The first-order chi connectivity index (χ1) is 8.61. The van der Waals surface area contributed by atoms with Gasteiger partial charge in [0.15, 0.2) is 0 Å². The summed E-state index contributed by atoms with van der Waals surface area (Å²) in [6.45, 7) is 0. The third-order valence-corrected chi connectivity index (χ3v) is 3.27. The Morgan fingerprint density at radius 1 is 1.28 bits per heavy atom. The van der Waals surface area contributed by atoms with E-state index in [0.717, 1.165) is 0 Å². The summed E-state index contributed by atoms with van der Waals surface area (Å²) in [4.78, 5) is 0. The molecule has 2 rings (SSSR count). The lowest BCUT2D eigenvalue weighted by molar-refractivity contribution is 0.628. The molecule has 0 aliphatic rings. The van der Waals surface area contributed by atoms with Gasteiger partial charge in [-0.25, -0.2) is 4.39 Å². The van der Waals surface area contributed by atoms with E-state index in [9.17, 15) is 4.39 Å². The topological polar surface area (TPSA) is 35.8 Å². The number of anilines is 2.